The van der Waals surface area contributed by atoms with Gasteiger partial charge in [-0.1, -0.05) is 123 Å². The van der Waals surface area contributed by atoms with E-state index in [1.54, 1.807) is 0 Å². The Kier molecular flexibility index (Phi) is 26.7. The molecule has 0 aliphatic heterocycles. The van der Waals surface area contributed by atoms with Gasteiger partial charge in [-0.05, 0) is 12.8 Å². The van der Waals surface area contributed by atoms with E-state index in [-0.39, 0.29) is 25.6 Å². The summed E-state index contributed by atoms with van der Waals surface area (Å²) in [4.78, 5) is 34.9. The number of nitrogens with zero attached hydrogens (tertiary/aromatic N) is 1. The zero-order valence-corrected chi connectivity index (χ0v) is 29.3. The van der Waals surface area contributed by atoms with Crippen molar-refractivity contribution in [3.63, 3.8) is 0 Å². The molecule has 0 fully saturated rings. The van der Waals surface area contributed by atoms with E-state index < -0.39 is 26.5 Å². The van der Waals surface area contributed by atoms with E-state index >= 15 is 0 Å². The molecule has 0 aliphatic carbocycles. The molecule has 0 bridgehead atoms. The Labute approximate surface area is 264 Å². The van der Waals surface area contributed by atoms with Gasteiger partial charge in [-0.15, -0.1) is 0 Å². The first-order valence-corrected chi connectivity index (χ1v) is 18.8. The molecule has 0 aliphatic rings. The summed E-state index contributed by atoms with van der Waals surface area (Å²) in [6.07, 6.45) is 21.6. The molecule has 1 unspecified atom stereocenters. The predicted molar refractivity (Wildman–Crippen MR) is 174 cm³/mol. The largest absolute Gasteiger partial charge is 0.472 e. The maximum atomic E-state index is 12.5. The maximum absolute atomic E-state index is 12.5. The number of hydrogen-bond acceptors (Lipinski definition) is 7. The Morgan fingerprint density at radius 3 is 1.49 bits per heavy atom. The normalized spacial score (nSPS) is 13.9. The monoisotopic (exact) mass is 636 g/mol. The maximum Gasteiger partial charge on any atom is 0.472 e. The Hall–Kier alpha value is -0.990. The first-order chi connectivity index (χ1) is 20.5. The Morgan fingerprint density at radius 2 is 1.05 bits per heavy atom. The molecular weight excluding hydrogens is 569 g/mol. The molecule has 0 amide bonds. The summed E-state index contributed by atoms with van der Waals surface area (Å²) >= 11 is 0. The summed E-state index contributed by atoms with van der Waals surface area (Å²) in [5.74, 6) is -0.799. The molecule has 1 N–H and O–H groups in total. The second-order valence-electron chi connectivity index (χ2n) is 12.9. The first kappa shape index (κ1) is 42.0. The van der Waals surface area contributed by atoms with Gasteiger partial charge < -0.3 is 18.9 Å². The number of carbonyl (C=O) groups excluding carboxylic acids is 2. The highest BCUT2D eigenvalue weighted by atomic mass is 31.2. The molecule has 0 aromatic heterocycles. The van der Waals surface area contributed by atoms with Crippen molar-refractivity contribution in [2.45, 2.75) is 155 Å². The third-order valence-electron chi connectivity index (χ3n) is 7.39. The molecule has 2 atom stereocenters. The molecule has 0 spiro atoms. The fourth-order valence-corrected chi connectivity index (χ4v) is 5.34. The van der Waals surface area contributed by atoms with Crippen LogP contribution in [0.3, 0.4) is 0 Å². The van der Waals surface area contributed by atoms with Crippen molar-refractivity contribution in [3.05, 3.63) is 0 Å². The van der Waals surface area contributed by atoms with E-state index in [0.717, 1.165) is 32.1 Å². The second-order valence-corrected chi connectivity index (χ2v) is 14.4. The summed E-state index contributed by atoms with van der Waals surface area (Å²) in [6, 6.07) is 0. The molecule has 0 heterocycles. The van der Waals surface area contributed by atoms with Gasteiger partial charge in [-0.25, -0.2) is 4.57 Å². The van der Waals surface area contributed by atoms with E-state index in [9.17, 15) is 19.0 Å². The molecular formula is C33H67NO8P+. The summed E-state index contributed by atoms with van der Waals surface area (Å²) < 4.78 is 34.0. The number of hydrogen-bond donors (Lipinski definition) is 1. The van der Waals surface area contributed by atoms with Gasteiger partial charge in [0.1, 0.15) is 19.8 Å². The number of ether oxygens (including phenoxy) is 2. The van der Waals surface area contributed by atoms with Crippen LogP contribution in [0.15, 0.2) is 0 Å². The zero-order chi connectivity index (χ0) is 32.2. The highest BCUT2D eigenvalue weighted by Crippen LogP contribution is 2.43. The number of quaternary nitrogens is 1. The molecule has 0 saturated carbocycles. The number of rotatable bonds is 31. The van der Waals surface area contributed by atoms with Crippen molar-refractivity contribution >= 4 is 19.8 Å². The number of phosphoric ester groups is 1. The average Bonchev–Trinajstić information content (AvgIpc) is 2.93. The SMILES string of the molecule is CCCCCCCCCCCCC(=O)OC[C@H](COP(=O)(O)OCC[N+](C)(C)C)OC(=O)CCCCCCCCCCC. The molecule has 0 saturated heterocycles. The third-order valence-corrected chi connectivity index (χ3v) is 8.37. The number of esters is 2. The van der Waals surface area contributed by atoms with Gasteiger partial charge in [0, 0.05) is 12.8 Å². The minimum Gasteiger partial charge on any atom is -0.462 e. The van der Waals surface area contributed by atoms with E-state index in [1.807, 2.05) is 21.1 Å². The van der Waals surface area contributed by atoms with Crippen molar-refractivity contribution in [1.29, 1.82) is 0 Å². The van der Waals surface area contributed by atoms with Crippen LogP contribution in [-0.4, -0.2) is 74.9 Å². The molecule has 10 heteroatoms. The molecule has 0 aromatic rings. The lowest BCUT2D eigenvalue weighted by Gasteiger charge is -2.24. The standard InChI is InChI=1S/C33H66NO8P/c1-6-8-10-12-14-16-18-19-21-23-25-32(35)39-29-31(30-41-43(37,38)40-28-27-34(3,4)5)42-33(36)26-24-22-20-17-15-13-11-9-7-2/h31H,6-30H2,1-5H3/p+1/t31-/m1/s1. The molecule has 0 radical (unpaired) electrons. The predicted octanol–water partition coefficient (Wildman–Crippen LogP) is 8.51. The van der Waals surface area contributed by atoms with Crippen molar-refractivity contribution < 1.29 is 42.1 Å². The van der Waals surface area contributed by atoms with Gasteiger partial charge in [0.05, 0.1) is 27.7 Å². The smallest absolute Gasteiger partial charge is 0.462 e. The number of carbonyl (C=O) groups is 2. The Morgan fingerprint density at radius 1 is 0.628 bits per heavy atom. The minimum atomic E-state index is -4.35. The van der Waals surface area contributed by atoms with Crippen LogP contribution in [0.4, 0.5) is 0 Å². The van der Waals surface area contributed by atoms with Crippen LogP contribution >= 0.6 is 7.82 Å². The van der Waals surface area contributed by atoms with Crippen LogP contribution in [0.25, 0.3) is 0 Å². The zero-order valence-electron chi connectivity index (χ0n) is 28.5. The first-order valence-electron chi connectivity index (χ1n) is 17.3. The Balaban J connectivity index is 4.49. The van der Waals surface area contributed by atoms with Crippen LogP contribution in [0, 0.1) is 0 Å². The van der Waals surface area contributed by atoms with Crippen LogP contribution < -0.4 is 0 Å². The topological polar surface area (TPSA) is 108 Å². The number of likely N-dealkylation sites (N-methyl/N-ethyl adjacent to an activating group) is 1. The molecule has 0 rings (SSSR count). The molecule has 9 nitrogen and oxygen atoms in total. The second kappa shape index (κ2) is 27.3. The van der Waals surface area contributed by atoms with E-state index in [0.29, 0.717) is 23.9 Å². The number of unbranched alkanes of at least 4 members (excludes halogenated alkanes) is 17. The lowest BCUT2D eigenvalue weighted by atomic mass is 10.1. The molecule has 43 heavy (non-hydrogen) atoms. The van der Waals surface area contributed by atoms with Crippen LogP contribution in [0.5, 0.6) is 0 Å². The van der Waals surface area contributed by atoms with Crippen LogP contribution in [-0.2, 0) is 32.7 Å². The summed E-state index contributed by atoms with van der Waals surface area (Å²) in [5.41, 5.74) is 0. The fourth-order valence-electron chi connectivity index (χ4n) is 4.60. The molecule has 256 valence electrons. The highest BCUT2D eigenvalue weighted by Gasteiger charge is 2.27. The highest BCUT2D eigenvalue weighted by molar-refractivity contribution is 7.47. The van der Waals surface area contributed by atoms with Crippen molar-refractivity contribution in [1.82, 2.24) is 0 Å². The van der Waals surface area contributed by atoms with Crippen molar-refractivity contribution in [3.8, 4) is 0 Å². The molecule has 0 aromatic carbocycles. The van der Waals surface area contributed by atoms with Gasteiger partial charge in [0.2, 0.25) is 0 Å². The van der Waals surface area contributed by atoms with E-state index in [1.165, 1.54) is 83.5 Å². The third kappa shape index (κ3) is 30.8. The van der Waals surface area contributed by atoms with Crippen LogP contribution in [0.2, 0.25) is 0 Å². The van der Waals surface area contributed by atoms with Crippen molar-refractivity contribution in [2.75, 3.05) is 47.5 Å². The van der Waals surface area contributed by atoms with Gasteiger partial charge in [0.15, 0.2) is 6.10 Å². The summed E-state index contributed by atoms with van der Waals surface area (Å²) in [7, 11) is 1.48. The van der Waals surface area contributed by atoms with Gasteiger partial charge >= 0.3 is 19.8 Å². The van der Waals surface area contributed by atoms with E-state index in [2.05, 4.69) is 13.8 Å². The minimum absolute atomic E-state index is 0.0359. The Bertz CT molecular complexity index is 728. The van der Waals surface area contributed by atoms with Crippen LogP contribution in [0.1, 0.15) is 149 Å². The number of phosphoric acid groups is 1. The summed E-state index contributed by atoms with van der Waals surface area (Å²) in [5, 5.41) is 0. The van der Waals surface area contributed by atoms with E-state index in [4.69, 9.17) is 18.5 Å². The van der Waals surface area contributed by atoms with Gasteiger partial charge in [-0.2, -0.15) is 0 Å². The fraction of sp³-hybridized carbons (Fsp3) is 0.939. The lowest BCUT2D eigenvalue weighted by molar-refractivity contribution is -0.870. The quantitative estimate of drug-likeness (QED) is 0.0349. The van der Waals surface area contributed by atoms with Gasteiger partial charge in [-0.3, -0.25) is 18.6 Å². The van der Waals surface area contributed by atoms with Gasteiger partial charge in [0.25, 0.3) is 0 Å². The summed E-state index contributed by atoms with van der Waals surface area (Å²) in [6.45, 7) is 4.37. The lowest BCUT2D eigenvalue weighted by Crippen LogP contribution is -2.37. The average molecular weight is 637 g/mol. The van der Waals surface area contributed by atoms with Crippen molar-refractivity contribution in [2.24, 2.45) is 0 Å².